The summed E-state index contributed by atoms with van der Waals surface area (Å²) in [5.74, 6) is -0.994. The van der Waals surface area contributed by atoms with E-state index in [9.17, 15) is 4.79 Å². The van der Waals surface area contributed by atoms with Gasteiger partial charge in [-0.2, -0.15) is 0 Å². The minimum atomic E-state index is -0.994. The summed E-state index contributed by atoms with van der Waals surface area (Å²) in [6.45, 7) is 2.02. The molecule has 0 aliphatic carbocycles. The maximum atomic E-state index is 10.9. The highest BCUT2D eigenvalue weighted by Gasteiger charge is 2.19. The van der Waals surface area contributed by atoms with Gasteiger partial charge in [0.25, 0.3) is 0 Å². The van der Waals surface area contributed by atoms with Crippen molar-refractivity contribution in [1.82, 2.24) is 0 Å². The van der Waals surface area contributed by atoms with Crippen LogP contribution in [0.1, 0.15) is 17.2 Å². The standard InChI is InChI=1S/C11H15NO2S2/c1-6-4-9(16-3)7(5-8(6)15-2)10(12)11(13)14/h4-5,10H,12H2,1-3H3,(H,13,14). The normalized spacial score (nSPS) is 12.5. The number of carbonyl (C=O) groups is 1. The average molecular weight is 257 g/mol. The van der Waals surface area contributed by atoms with Gasteiger partial charge in [0.1, 0.15) is 6.04 Å². The van der Waals surface area contributed by atoms with Crippen molar-refractivity contribution in [1.29, 1.82) is 0 Å². The van der Waals surface area contributed by atoms with Gasteiger partial charge in [0, 0.05) is 9.79 Å². The van der Waals surface area contributed by atoms with Gasteiger partial charge in [-0.05, 0) is 42.7 Å². The molecule has 0 spiro atoms. The number of carboxylic acid groups (broad SMARTS) is 1. The minimum absolute atomic E-state index is 0.690. The van der Waals surface area contributed by atoms with E-state index in [2.05, 4.69) is 0 Å². The third kappa shape index (κ3) is 2.72. The van der Waals surface area contributed by atoms with E-state index in [1.54, 1.807) is 11.8 Å². The van der Waals surface area contributed by atoms with Crippen LogP contribution in [0.5, 0.6) is 0 Å². The highest BCUT2D eigenvalue weighted by molar-refractivity contribution is 7.99. The van der Waals surface area contributed by atoms with E-state index < -0.39 is 12.0 Å². The molecular weight excluding hydrogens is 242 g/mol. The molecule has 3 N–H and O–H groups in total. The van der Waals surface area contributed by atoms with Crippen LogP contribution < -0.4 is 5.73 Å². The lowest BCUT2D eigenvalue weighted by Gasteiger charge is -2.14. The third-order valence-corrected chi connectivity index (χ3v) is 4.02. The predicted molar refractivity (Wildman–Crippen MR) is 69.3 cm³/mol. The molecule has 5 heteroatoms. The summed E-state index contributed by atoms with van der Waals surface area (Å²) in [6, 6.07) is 2.92. The summed E-state index contributed by atoms with van der Waals surface area (Å²) in [5.41, 5.74) is 7.51. The second kappa shape index (κ2) is 5.61. The topological polar surface area (TPSA) is 63.3 Å². The van der Waals surface area contributed by atoms with Gasteiger partial charge in [-0.25, -0.2) is 0 Å². The molecule has 1 rings (SSSR count). The van der Waals surface area contributed by atoms with E-state index in [1.807, 2.05) is 31.6 Å². The fourth-order valence-electron chi connectivity index (χ4n) is 1.45. The van der Waals surface area contributed by atoms with Crippen LogP contribution in [0.2, 0.25) is 0 Å². The fourth-order valence-corrected chi connectivity index (χ4v) is 2.79. The lowest BCUT2D eigenvalue weighted by atomic mass is 10.1. The third-order valence-electron chi connectivity index (χ3n) is 2.35. The molecular formula is C11H15NO2S2. The Hall–Kier alpha value is -0.650. The molecule has 88 valence electrons. The first-order valence-corrected chi connectivity index (χ1v) is 7.17. The maximum Gasteiger partial charge on any atom is 0.325 e. The Morgan fingerprint density at radius 1 is 1.31 bits per heavy atom. The zero-order chi connectivity index (χ0) is 12.3. The van der Waals surface area contributed by atoms with Gasteiger partial charge in [0.05, 0.1) is 0 Å². The van der Waals surface area contributed by atoms with Crippen LogP contribution in [0.15, 0.2) is 21.9 Å². The Morgan fingerprint density at radius 3 is 2.31 bits per heavy atom. The molecule has 0 radical (unpaired) electrons. The molecule has 1 atom stereocenters. The maximum absolute atomic E-state index is 10.9. The first-order chi connectivity index (χ1) is 7.51. The van der Waals surface area contributed by atoms with Gasteiger partial charge in [0.2, 0.25) is 0 Å². The van der Waals surface area contributed by atoms with E-state index in [0.717, 1.165) is 15.4 Å². The Bertz CT molecular complexity index is 407. The van der Waals surface area contributed by atoms with E-state index in [-0.39, 0.29) is 0 Å². The first-order valence-electron chi connectivity index (χ1n) is 4.72. The number of carboxylic acids is 1. The number of hydrogen-bond donors (Lipinski definition) is 2. The molecule has 0 amide bonds. The van der Waals surface area contributed by atoms with Crippen molar-refractivity contribution in [3.8, 4) is 0 Å². The molecule has 1 aromatic carbocycles. The molecule has 0 aliphatic heterocycles. The van der Waals surface area contributed by atoms with Gasteiger partial charge in [-0.3, -0.25) is 4.79 Å². The van der Waals surface area contributed by atoms with Crippen LogP contribution in [0, 0.1) is 6.92 Å². The SMILES string of the molecule is CSc1cc(C(N)C(=O)O)c(SC)cc1C. The highest BCUT2D eigenvalue weighted by atomic mass is 32.2. The van der Waals surface area contributed by atoms with Crippen LogP contribution in [-0.4, -0.2) is 23.6 Å². The van der Waals surface area contributed by atoms with Crippen LogP contribution in [-0.2, 0) is 4.79 Å². The Labute approximate surface area is 104 Å². The van der Waals surface area contributed by atoms with Crippen molar-refractivity contribution < 1.29 is 9.90 Å². The number of rotatable bonds is 4. The van der Waals surface area contributed by atoms with Gasteiger partial charge in [0.15, 0.2) is 0 Å². The predicted octanol–water partition coefficient (Wildman–Crippen LogP) is 2.52. The quantitative estimate of drug-likeness (QED) is 0.812. The summed E-state index contributed by atoms with van der Waals surface area (Å²) >= 11 is 3.12. The second-order valence-corrected chi connectivity index (χ2v) is 5.08. The molecule has 1 unspecified atom stereocenters. The van der Waals surface area contributed by atoms with Crippen molar-refractivity contribution in [2.45, 2.75) is 22.8 Å². The summed E-state index contributed by atoms with van der Waals surface area (Å²) < 4.78 is 0. The van der Waals surface area contributed by atoms with Crippen LogP contribution in [0.4, 0.5) is 0 Å². The number of aliphatic carboxylic acids is 1. The summed E-state index contributed by atoms with van der Waals surface area (Å²) in [6.07, 6.45) is 3.89. The lowest BCUT2D eigenvalue weighted by molar-refractivity contribution is -0.138. The number of nitrogens with two attached hydrogens (primary N) is 1. The molecule has 0 aliphatic rings. The van der Waals surface area contributed by atoms with Crippen molar-refractivity contribution in [3.05, 3.63) is 23.3 Å². The van der Waals surface area contributed by atoms with Gasteiger partial charge in [-0.1, -0.05) is 0 Å². The molecule has 0 heterocycles. The molecule has 0 saturated carbocycles. The van der Waals surface area contributed by atoms with Crippen LogP contribution >= 0.6 is 23.5 Å². The molecule has 0 aromatic heterocycles. The van der Waals surface area contributed by atoms with E-state index in [4.69, 9.17) is 10.8 Å². The molecule has 3 nitrogen and oxygen atoms in total. The highest BCUT2D eigenvalue weighted by Crippen LogP contribution is 2.32. The molecule has 16 heavy (non-hydrogen) atoms. The summed E-state index contributed by atoms with van der Waals surface area (Å²) in [5, 5.41) is 8.95. The van der Waals surface area contributed by atoms with Crippen molar-refractivity contribution in [2.75, 3.05) is 12.5 Å². The van der Waals surface area contributed by atoms with Crippen molar-refractivity contribution in [2.24, 2.45) is 5.73 Å². The van der Waals surface area contributed by atoms with Gasteiger partial charge < -0.3 is 10.8 Å². The molecule has 0 fully saturated rings. The molecule has 0 bridgehead atoms. The van der Waals surface area contributed by atoms with Crippen LogP contribution in [0.3, 0.4) is 0 Å². The zero-order valence-electron chi connectivity index (χ0n) is 9.48. The van der Waals surface area contributed by atoms with Crippen LogP contribution in [0.25, 0.3) is 0 Å². The van der Waals surface area contributed by atoms with E-state index in [1.165, 1.54) is 11.8 Å². The van der Waals surface area contributed by atoms with Crippen molar-refractivity contribution >= 4 is 29.5 Å². The minimum Gasteiger partial charge on any atom is -0.480 e. The lowest BCUT2D eigenvalue weighted by Crippen LogP contribution is -2.21. The fraction of sp³-hybridized carbons (Fsp3) is 0.364. The number of thioether (sulfide) groups is 2. The van der Waals surface area contributed by atoms with E-state index >= 15 is 0 Å². The first kappa shape index (κ1) is 13.4. The summed E-state index contributed by atoms with van der Waals surface area (Å²) in [4.78, 5) is 12.9. The number of benzene rings is 1. The Kier molecular flexibility index (Phi) is 4.70. The van der Waals surface area contributed by atoms with Crippen molar-refractivity contribution in [3.63, 3.8) is 0 Å². The summed E-state index contributed by atoms with van der Waals surface area (Å²) in [7, 11) is 0. The largest absolute Gasteiger partial charge is 0.480 e. The Morgan fingerprint density at radius 2 is 1.88 bits per heavy atom. The monoisotopic (exact) mass is 257 g/mol. The average Bonchev–Trinajstić information content (AvgIpc) is 2.27. The molecule has 0 saturated heterocycles. The van der Waals surface area contributed by atoms with Gasteiger partial charge >= 0.3 is 5.97 Å². The zero-order valence-corrected chi connectivity index (χ0v) is 11.1. The smallest absolute Gasteiger partial charge is 0.325 e. The molecule has 1 aromatic rings. The number of aryl methyl sites for hydroxylation is 1. The number of hydrogen-bond acceptors (Lipinski definition) is 4. The van der Waals surface area contributed by atoms with E-state index in [0.29, 0.717) is 5.56 Å². The second-order valence-electron chi connectivity index (χ2n) is 3.38. The Balaban J connectivity index is 3.29. The van der Waals surface area contributed by atoms with Gasteiger partial charge in [-0.15, -0.1) is 23.5 Å².